The molecule has 0 radical (unpaired) electrons. The van der Waals surface area contributed by atoms with Crippen LogP contribution >= 0.6 is 0 Å². The number of carbonyl (C=O) groups excluding carboxylic acids is 1. The zero-order valence-corrected chi connectivity index (χ0v) is 12.2. The van der Waals surface area contributed by atoms with E-state index in [4.69, 9.17) is 14.2 Å². The second-order valence-electron chi connectivity index (χ2n) is 4.72. The van der Waals surface area contributed by atoms with Gasteiger partial charge in [-0.05, 0) is 24.6 Å². The minimum atomic E-state index is 0.00713. The van der Waals surface area contributed by atoms with Crippen LogP contribution in [0.2, 0.25) is 0 Å². The van der Waals surface area contributed by atoms with E-state index in [0.29, 0.717) is 36.8 Å². The van der Waals surface area contributed by atoms with E-state index in [-0.39, 0.29) is 12.0 Å². The topological polar surface area (TPSA) is 48.0 Å². The number of hydrogen-bond donors (Lipinski definition) is 0. The normalized spacial score (nSPS) is 18.8. The molecule has 5 heteroatoms. The second-order valence-corrected chi connectivity index (χ2v) is 4.72. The monoisotopic (exact) mass is 279 g/mol. The minimum absolute atomic E-state index is 0.00713. The van der Waals surface area contributed by atoms with E-state index < -0.39 is 0 Å². The molecule has 0 bridgehead atoms. The molecule has 1 aliphatic rings. The first-order valence-electron chi connectivity index (χ1n) is 6.82. The predicted molar refractivity (Wildman–Crippen MR) is 75.5 cm³/mol. The maximum Gasteiger partial charge on any atom is 0.254 e. The van der Waals surface area contributed by atoms with Gasteiger partial charge in [-0.15, -0.1) is 0 Å². The van der Waals surface area contributed by atoms with Crippen LogP contribution in [0.4, 0.5) is 0 Å². The van der Waals surface area contributed by atoms with Gasteiger partial charge in [-0.1, -0.05) is 6.92 Å². The van der Waals surface area contributed by atoms with E-state index in [2.05, 4.69) is 6.92 Å². The van der Waals surface area contributed by atoms with Crippen LogP contribution in [0.15, 0.2) is 18.2 Å². The van der Waals surface area contributed by atoms with E-state index in [1.807, 2.05) is 4.90 Å². The number of benzene rings is 1. The van der Waals surface area contributed by atoms with Crippen LogP contribution in [-0.4, -0.2) is 50.8 Å². The summed E-state index contributed by atoms with van der Waals surface area (Å²) in [6, 6.07) is 5.24. The van der Waals surface area contributed by atoms with Crippen molar-refractivity contribution in [3.63, 3.8) is 0 Å². The van der Waals surface area contributed by atoms with Crippen LogP contribution in [0.3, 0.4) is 0 Å². The largest absolute Gasteiger partial charge is 0.493 e. The van der Waals surface area contributed by atoms with Crippen molar-refractivity contribution in [1.29, 1.82) is 0 Å². The van der Waals surface area contributed by atoms with Gasteiger partial charge in [-0.3, -0.25) is 4.79 Å². The Bertz CT molecular complexity index is 475. The van der Waals surface area contributed by atoms with Crippen LogP contribution in [0, 0.1) is 0 Å². The van der Waals surface area contributed by atoms with Crippen molar-refractivity contribution in [3.05, 3.63) is 23.8 Å². The fraction of sp³-hybridized carbons (Fsp3) is 0.533. The maximum absolute atomic E-state index is 12.5. The molecule has 0 N–H and O–H groups in total. The third-order valence-electron chi connectivity index (χ3n) is 3.51. The highest BCUT2D eigenvalue weighted by molar-refractivity contribution is 5.95. The molecule has 1 atom stereocenters. The summed E-state index contributed by atoms with van der Waals surface area (Å²) in [5, 5.41) is 0. The molecule has 1 unspecified atom stereocenters. The zero-order chi connectivity index (χ0) is 14.5. The first-order valence-corrected chi connectivity index (χ1v) is 6.82. The second kappa shape index (κ2) is 6.61. The lowest BCUT2D eigenvalue weighted by Crippen LogP contribution is -2.45. The van der Waals surface area contributed by atoms with Crippen LogP contribution in [0.25, 0.3) is 0 Å². The van der Waals surface area contributed by atoms with Crippen molar-refractivity contribution < 1.29 is 19.0 Å². The van der Waals surface area contributed by atoms with Crippen molar-refractivity contribution in [2.24, 2.45) is 0 Å². The van der Waals surface area contributed by atoms with Gasteiger partial charge in [0.15, 0.2) is 11.5 Å². The number of hydrogen-bond acceptors (Lipinski definition) is 4. The van der Waals surface area contributed by atoms with Gasteiger partial charge < -0.3 is 19.1 Å². The Morgan fingerprint density at radius 2 is 2.10 bits per heavy atom. The average molecular weight is 279 g/mol. The SMILES string of the molecule is CCC1CN(C(=O)c2ccc(OC)c(OC)c2)CCO1. The van der Waals surface area contributed by atoms with Crippen molar-refractivity contribution in [1.82, 2.24) is 4.90 Å². The molecule has 20 heavy (non-hydrogen) atoms. The van der Waals surface area contributed by atoms with E-state index in [1.165, 1.54) is 0 Å². The highest BCUT2D eigenvalue weighted by Crippen LogP contribution is 2.28. The molecule has 1 heterocycles. The smallest absolute Gasteiger partial charge is 0.254 e. The van der Waals surface area contributed by atoms with Crippen molar-refractivity contribution in [2.45, 2.75) is 19.4 Å². The van der Waals surface area contributed by atoms with Gasteiger partial charge in [0.1, 0.15) is 0 Å². The zero-order valence-electron chi connectivity index (χ0n) is 12.2. The van der Waals surface area contributed by atoms with Crippen LogP contribution in [0.1, 0.15) is 23.7 Å². The molecule has 1 aromatic rings. The highest BCUT2D eigenvalue weighted by atomic mass is 16.5. The highest BCUT2D eigenvalue weighted by Gasteiger charge is 2.24. The Hall–Kier alpha value is -1.75. The fourth-order valence-electron chi connectivity index (χ4n) is 2.30. The van der Waals surface area contributed by atoms with Crippen molar-refractivity contribution in [2.75, 3.05) is 33.9 Å². The number of nitrogens with zero attached hydrogens (tertiary/aromatic N) is 1. The average Bonchev–Trinajstić information content (AvgIpc) is 2.53. The molecule has 5 nitrogen and oxygen atoms in total. The number of morpholine rings is 1. The minimum Gasteiger partial charge on any atom is -0.493 e. The number of rotatable bonds is 4. The molecule has 1 aromatic carbocycles. The quantitative estimate of drug-likeness (QED) is 0.845. The lowest BCUT2D eigenvalue weighted by molar-refractivity contribution is -0.0226. The summed E-state index contributed by atoms with van der Waals surface area (Å²) in [4.78, 5) is 14.3. The van der Waals surface area contributed by atoms with Gasteiger partial charge in [0, 0.05) is 18.7 Å². The summed E-state index contributed by atoms with van der Waals surface area (Å²) in [5.74, 6) is 1.20. The molecule has 1 fully saturated rings. The first-order chi connectivity index (χ1) is 9.69. The Morgan fingerprint density at radius 3 is 2.75 bits per heavy atom. The Balaban J connectivity index is 2.16. The van der Waals surface area contributed by atoms with E-state index in [9.17, 15) is 4.79 Å². The molecule has 0 spiro atoms. The molecule has 1 aliphatic heterocycles. The number of methoxy groups -OCH3 is 2. The lowest BCUT2D eigenvalue weighted by atomic mass is 10.1. The summed E-state index contributed by atoms with van der Waals surface area (Å²) < 4.78 is 16.0. The van der Waals surface area contributed by atoms with Crippen molar-refractivity contribution >= 4 is 5.91 Å². The molecule has 2 rings (SSSR count). The van der Waals surface area contributed by atoms with Gasteiger partial charge in [-0.25, -0.2) is 0 Å². The maximum atomic E-state index is 12.5. The molecule has 0 aromatic heterocycles. The summed E-state index contributed by atoms with van der Waals surface area (Å²) in [6.45, 7) is 3.93. The van der Waals surface area contributed by atoms with E-state index in [0.717, 1.165) is 6.42 Å². The van der Waals surface area contributed by atoms with Gasteiger partial charge in [0.2, 0.25) is 0 Å². The number of ether oxygens (including phenoxy) is 3. The summed E-state index contributed by atoms with van der Waals surface area (Å²) >= 11 is 0. The molecule has 1 amide bonds. The van der Waals surface area contributed by atoms with E-state index >= 15 is 0 Å². The Kier molecular flexibility index (Phi) is 4.84. The molecular weight excluding hydrogens is 258 g/mol. The third kappa shape index (κ3) is 3.04. The molecule has 0 aliphatic carbocycles. The van der Waals surface area contributed by atoms with Crippen LogP contribution in [0.5, 0.6) is 11.5 Å². The van der Waals surface area contributed by atoms with Gasteiger partial charge >= 0.3 is 0 Å². The van der Waals surface area contributed by atoms with Crippen molar-refractivity contribution in [3.8, 4) is 11.5 Å². The molecule has 1 saturated heterocycles. The lowest BCUT2D eigenvalue weighted by Gasteiger charge is -2.32. The standard InChI is InChI=1S/C15H21NO4/c1-4-12-10-16(7-8-20-12)15(17)11-5-6-13(18-2)14(9-11)19-3/h5-6,9,12H,4,7-8,10H2,1-3H3. The van der Waals surface area contributed by atoms with Gasteiger partial charge in [-0.2, -0.15) is 0 Å². The molecular formula is C15H21NO4. The fourth-order valence-corrected chi connectivity index (χ4v) is 2.30. The van der Waals surface area contributed by atoms with E-state index in [1.54, 1.807) is 32.4 Å². The summed E-state index contributed by atoms with van der Waals surface area (Å²) in [6.07, 6.45) is 1.04. The Labute approximate surface area is 119 Å². The van der Waals surface area contributed by atoms with Crippen LogP contribution in [-0.2, 0) is 4.74 Å². The summed E-state index contributed by atoms with van der Waals surface area (Å²) in [5.41, 5.74) is 0.611. The summed E-state index contributed by atoms with van der Waals surface area (Å²) in [7, 11) is 3.14. The third-order valence-corrected chi connectivity index (χ3v) is 3.51. The van der Waals surface area contributed by atoms with Gasteiger partial charge in [0.25, 0.3) is 5.91 Å². The predicted octanol–water partition coefficient (Wildman–Crippen LogP) is 1.95. The number of carbonyl (C=O) groups is 1. The van der Waals surface area contributed by atoms with Crippen LogP contribution < -0.4 is 9.47 Å². The molecule has 110 valence electrons. The first kappa shape index (κ1) is 14.7. The Morgan fingerprint density at radius 1 is 1.35 bits per heavy atom. The van der Waals surface area contributed by atoms with Gasteiger partial charge in [0.05, 0.1) is 26.9 Å². The number of amides is 1. The molecule has 0 saturated carbocycles.